The van der Waals surface area contributed by atoms with E-state index in [9.17, 15) is 9.90 Å². The Morgan fingerprint density at radius 3 is 2.56 bits per heavy atom. The summed E-state index contributed by atoms with van der Waals surface area (Å²) in [5.74, 6) is 0.493. The Balaban J connectivity index is 1.56. The van der Waals surface area contributed by atoms with Gasteiger partial charge < -0.3 is 10.0 Å². The van der Waals surface area contributed by atoms with E-state index in [-0.39, 0.29) is 23.8 Å². The third kappa shape index (κ3) is 4.95. The fourth-order valence-electron chi connectivity index (χ4n) is 3.17. The van der Waals surface area contributed by atoms with Crippen molar-refractivity contribution in [1.29, 1.82) is 5.26 Å². The van der Waals surface area contributed by atoms with Gasteiger partial charge in [0.05, 0.1) is 6.10 Å². The number of nitrogens with zero attached hydrogens (tertiary/aromatic N) is 4. The second kappa shape index (κ2) is 8.66. The molecule has 2 heterocycles. The summed E-state index contributed by atoms with van der Waals surface area (Å²) in [5.41, 5.74) is 1.92. The van der Waals surface area contributed by atoms with Gasteiger partial charge in [-0.1, -0.05) is 24.3 Å². The lowest BCUT2D eigenvalue weighted by Gasteiger charge is -2.16. The summed E-state index contributed by atoms with van der Waals surface area (Å²) in [6.45, 7) is 0.909. The molecule has 2 aromatic rings. The molecule has 8 heteroatoms. The van der Waals surface area contributed by atoms with Crippen LogP contribution in [0.4, 0.5) is 5.82 Å². The Kier molecular flexibility index (Phi) is 6.27. The van der Waals surface area contributed by atoms with Gasteiger partial charge in [0.2, 0.25) is 0 Å². The van der Waals surface area contributed by atoms with Crippen molar-refractivity contribution in [3.05, 3.63) is 53.2 Å². The van der Waals surface area contributed by atoms with Crippen LogP contribution in [0.15, 0.2) is 36.4 Å². The molecule has 0 saturated carbocycles. The lowest BCUT2D eigenvalue weighted by atomic mass is 9.96. The third-order valence-corrected chi connectivity index (χ3v) is 5.12. The standard InChI is InChI=1S/C19H18Cl2N4O2/c20-19(21)13-3-1-12(2-4-13)7-16(26)8-14-10-25(11-17(14)27)18-6-5-15(9-22)23-24-18/h1-6,14,17,19,27H,7-8,10-11H2/t14?,17-/m0/s1. The first-order chi connectivity index (χ1) is 13.0. The molecule has 140 valence electrons. The number of nitriles is 1. The number of β-amino-alcohol motifs (C(OH)–C–C–N with tert-alkyl or cyclic N) is 1. The molecule has 1 unspecified atom stereocenters. The van der Waals surface area contributed by atoms with Gasteiger partial charge in [0, 0.05) is 31.8 Å². The minimum absolute atomic E-state index is 0.0628. The van der Waals surface area contributed by atoms with Gasteiger partial charge in [-0.25, -0.2) is 0 Å². The number of alkyl halides is 2. The predicted molar refractivity (Wildman–Crippen MR) is 103 cm³/mol. The Labute approximate surface area is 167 Å². The van der Waals surface area contributed by atoms with Crippen LogP contribution in [0.2, 0.25) is 0 Å². The van der Waals surface area contributed by atoms with Crippen molar-refractivity contribution in [3.63, 3.8) is 0 Å². The molecule has 1 aliphatic rings. The van der Waals surface area contributed by atoms with Crippen LogP contribution < -0.4 is 4.90 Å². The monoisotopic (exact) mass is 404 g/mol. The Bertz CT molecular complexity index is 834. The van der Waals surface area contributed by atoms with Gasteiger partial charge in [-0.05, 0) is 23.3 Å². The van der Waals surface area contributed by atoms with Crippen LogP contribution in [0.5, 0.6) is 0 Å². The van der Waals surface area contributed by atoms with Crippen LogP contribution in [0.25, 0.3) is 0 Å². The molecule has 1 aromatic heterocycles. The smallest absolute Gasteiger partial charge is 0.163 e. The molecule has 27 heavy (non-hydrogen) atoms. The van der Waals surface area contributed by atoms with E-state index < -0.39 is 10.9 Å². The average molecular weight is 405 g/mol. The number of benzene rings is 1. The van der Waals surface area contributed by atoms with Gasteiger partial charge in [-0.15, -0.1) is 33.4 Å². The molecule has 1 N–H and O–H groups in total. The maximum Gasteiger partial charge on any atom is 0.163 e. The SMILES string of the molecule is N#Cc1ccc(N2CC(CC(=O)Cc3ccc(C(Cl)Cl)cc3)[C@@H](O)C2)nn1. The zero-order valence-electron chi connectivity index (χ0n) is 14.4. The molecular formula is C19H18Cl2N4O2. The summed E-state index contributed by atoms with van der Waals surface area (Å²) < 4.78 is 0. The maximum atomic E-state index is 12.4. The molecule has 0 spiro atoms. The zero-order chi connectivity index (χ0) is 19.4. The van der Waals surface area contributed by atoms with Crippen molar-refractivity contribution in [2.45, 2.75) is 23.8 Å². The highest BCUT2D eigenvalue weighted by molar-refractivity contribution is 6.44. The molecule has 1 aliphatic heterocycles. The highest BCUT2D eigenvalue weighted by Crippen LogP contribution is 2.26. The first kappa shape index (κ1) is 19.6. The van der Waals surface area contributed by atoms with E-state index >= 15 is 0 Å². The topological polar surface area (TPSA) is 90.1 Å². The van der Waals surface area contributed by atoms with Crippen LogP contribution in [0, 0.1) is 17.2 Å². The molecule has 0 bridgehead atoms. The van der Waals surface area contributed by atoms with Gasteiger partial charge >= 0.3 is 0 Å². The van der Waals surface area contributed by atoms with E-state index in [4.69, 9.17) is 28.5 Å². The predicted octanol–water partition coefficient (Wildman–Crippen LogP) is 2.82. The quantitative estimate of drug-likeness (QED) is 0.744. The van der Waals surface area contributed by atoms with Crippen LogP contribution >= 0.6 is 23.2 Å². The number of carbonyl (C=O) groups is 1. The fraction of sp³-hybridized carbons (Fsp3) is 0.368. The Morgan fingerprint density at radius 2 is 1.96 bits per heavy atom. The van der Waals surface area contributed by atoms with Crippen molar-refractivity contribution in [2.24, 2.45) is 5.92 Å². The van der Waals surface area contributed by atoms with E-state index in [1.807, 2.05) is 35.2 Å². The molecule has 0 aliphatic carbocycles. The minimum Gasteiger partial charge on any atom is -0.391 e. The number of halogens is 2. The number of Topliss-reactive ketones (excluding diaryl/α,β-unsaturated/α-hetero) is 1. The van der Waals surface area contributed by atoms with Crippen molar-refractivity contribution in [2.75, 3.05) is 18.0 Å². The summed E-state index contributed by atoms with van der Waals surface area (Å²) in [7, 11) is 0. The lowest BCUT2D eigenvalue weighted by Crippen LogP contribution is -2.22. The highest BCUT2D eigenvalue weighted by Gasteiger charge is 2.33. The average Bonchev–Trinajstić information content (AvgIpc) is 3.02. The van der Waals surface area contributed by atoms with Crippen LogP contribution in [0.1, 0.15) is 28.1 Å². The molecule has 1 saturated heterocycles. The molecule has 1 fully saturated rings. The molecule has 0 radical (unpaired) electrons. The number of aliphatic hydroxyl groups is 1. The van der Waals surface area contributed by atoms with E-state index in [1.165, 1.54) is 0 Å². The van der Waals surface area contributed by atoms with Gasteiger partial charge in [0.25, 0.3) is 0 Å². The zero-order valence-corrected chi connectivity index (χ0v) is 15.9. The number of rotatable bonds is 6. The third-order valence-electron chi connectivity index (χ3n) is 4.62. The molecule has 0 amide bonds. The normalized spacial score (nSPS) is 19.3. The summed E-state index contributed by atoms with van der Waals surface area (Å²) in [6.07, 6.45) is -0.0198. The molecular weight excluding hydrogens is 387 g/mol. The van der Waals surface area contributed by atoms with Gasteiger partial charge in [-0.3, -0.25) is 4.79 Å². The van der Waals surface area contributed by atoms with Crippen molar-refractivity contribution < 1.29 is 9.90 Å². The number of aromatic nitrogens is 2. The van der Waals surface area contributed by atoms with Crippen molar-refractivity contribution >= 4 is 34.8 Å². The number of aliphatic hydroxyl groups excluding tert-OH is 1. The summed E-state index contributed by atoms with van der Waals surface area (Å²) >= 11 is 11.6. The number of hydrogen-bond donors (Lipinski definition) is 1. The summed E-state index contributed by atoms with van der Waals surface area (Å²) in [5, 5.41) is 26.9. The van der Waals surface area contributed by atoms with Crippen molar-refractivity contribution in [1.82, 2.24) is 10.2 Å². The number of carbonyl (C=O) groups excluding carboxylic acids is 1. The van der Waals surface area contributed by atoms with Gasteiger partial charge in [-0.2, -0.15) is 5.26 Å². The lowest BCUT2D eigenvalue weighted by molar-refractivity contribution is -0.119. The van der Waals surface area contributed by atoms with Gasteiger partial charge in [0.15, 0.2) is 11.5 Å². The van der Waals surface area contributed by atoms with Crippen LogP contribution in [-0.4, -0.2) is 40.3 Å². The van der Waals surface area contributed by atoms with Crippen LogP contribution in [-0.2, 0) is 11.2 Å². The summed E-state index contributed by atoms with van der Waals surface area (Å²) in [4.78, 5) is 13.7. The number of anilines is 1. The van der Waals surface area contributed by atoms with Crippen LogP contribution in [0.3, 0.4) is 0 Å². The first-order valence-electron chi connectivity index (χ1n) is 8.52. The van der Waals surface area contributed by atoms with Crippen molar-refractivity contribution in [3.8, 4) is 6.07 Å². The minimum atomic E-state index is -0.609. The Morgan fingerprint density at radius 1 is 1.22 bits per heavy atom. The number of hydrogen-bond acceptors (Lipinski definition) is 6. The summed E-state index contributed by atoms with van der Waals surface area (Å²) in [6, 6.07) is 12.5. The Hall–Kier alpha value is -2.20. The largest absolute Gasteiger partial charge is 0.391 e. The van der Waals surface area contributed by atoms with Gasteiger partial charge in [0.1, 0.15) is 16.7 Å². The highest BCUT2D eigenvalue weighted by atomic mass is 35.5. The van der Waals surface area contributed by atoms with E-state index in [0.29, 0.717) is 25.3 Å². The molecule has 2 atom stereocenters. The fourth-order valence-corrected chi connectivity index (χ4v) is 3.46. The number of ketones is 1. The molecule has 3 rings (SSSR count). The maximum absolute atomic E-state index is 12.4. The second-order valence-electron chi connectivity index (χ2n) is 6.58. The molecule has 6 nitrogen and oxygen atoms in total. The van der Waals surface area contributed by atoms with E-state index in [1.54, 1.807) is 12.1 Å². The molecule has 1 aromatic carbocycles. The first-order valence-corrected chi connectivity index (χ1v) is 9.39. The van der Waals surface area contributed by atoms with E-state index in [2.05, 4.69) is 10.2 Å². The second-order valence-corrected chi connectivity index (χ2v) is 7.68. The van der Waals surface area contributed by atoms with E-state index in [0.717, 1.165) is 11.1 Å².